The Bertz CT molecular complexity index is 1020. The lowest BCUT2D eigenvalue weighted by molar-refractivity contribution is -0.384. The normalized spacial score (nSPS) is 14.9. The van der Waals surface area contributed by atoms with Gasteiger partial charge in [-0.05, 0) is 49.2 Å². The summed E-state index contributed by atoms with van der Waals surface area (Å²) in [5.74, 6) is 1.37. The summed E-state index contributed by atoms with van der Waals surface area (Å²) < 4.78 is 5.95. The van der Waals surface area contributed by atoms with Crippen molar-refractivity contribution in [3.05, 3.63) is 81.6 Å². The Kier molecular flexibility index (Phi) is 5.36. The molecule has 2 aromatic carbocycles. The number of para-hydroxylation sites is 1. The molecule has 0 N–H and O–H groups in total. The number of hydrogen-bond donors (Lipinski definition) is 0. The number of anilines is 1. The lowest BCUT2D eigenvalue weighted by Crippen LogP contribution is -2.46. The minimum absolute atomic E-state index is 0.0653. The quantitative estimate of drug-likeness (QED) is 0.462. The maximum Gasteiger partial charge on any atom is 0.280 e. The van der Waals surface area contributed by atoms with Gasteiger partial charge in [0, 0.05) is 37.9 Å². The molecule has 0 saturated carbocycles. The standard InChI is InChI=1S/C23H25N3O3/c1-17-7-8-18(2)22(15-17)25-13-11-24(12-14-25)16-19-9-10-23(29-19)20-5-3-4-6-21(20)26(27)28/h3-10,15H,11-14,16H2,1-2H3. The highest BCUT2D eigenvalue weighted by Gasteiger charge is 2.21. The zero-order valence-corrected chi connectivity index (χ0v) is 16.8. The molecule has 4 rings (SSSR count). The average Bonchev–Trinajstić information content (AvgIpc) is 3.19. The third-order valence-electron chi connectivity index (χ3n) is 5.48. The van der Waals surface area contributed by atoms with E-state index in [1.165, 1.54) is 22.9 Å². The second-order valence-electron chi connectivity index (χ2n) is 7.59. The van der Waals surface area contributed by atoms with Gasteiger partial charge in [0.05, 0.1) is 17.0 Å². The Hall–Kier alpha value is -3.12. The second-order valence-corrected chi connectivity index (χ2v) is 7.59. The van der Waals surface area contributed by atoms with Crippen LogP contribution in [-0.4, -0.2) is 36.0 Å². The van der Waals surface area contributed by atoms with Crippen LogP contribution in [-0.2, 0) is 6.54 Å². The number of rotatable bonds is 5. The lowest BCUT2D eigenvalue weighted by Gasteiger charge is -2.36. The van der Waals surface area contributed by atoms with E-state index in [4.69, 9.17) is 4.42 Å². The molecule has 0 atom stereocenters. The summed E-state index contributed by atoms with van der Waals surface area (Å²) in [4.78, 5) is 15.7. The van der Waals surface area contributed by atoms with Crippen molar-refractivity contribution in [2.75, 3.05) is 31.1 Å². The Balaban J connectivity index is 1.41. The molecule has 1 fully saturated rings. The maximum atomic E-state index is 11.3. The van der Waals surface area contributed by atoms with Crippen molar-refractivity contribution in [3.63, 3.8) is 0 Å². The topological polar surface area (TPSA) is 62.8 Å². The third kappa shape index (κ3) is 4.17. The minimum Gasteiger partial charge on any atom is -0.459 e. The number of nitro benzene ring substituents is 1. The van der Waals surface area contributed by atoms with Gasteiger partial charge in [0.25, 0.3) is 5.69 Å². The molecular weight excluding hydrogens is 366 g/mol. The average molecular weight is 391 g/mol. The first kappa shape index (κ1) is 19.2. The van der Waals surface area contributed by atoms with Crippen molar-refractivity contribution in [2.45, 2.75) is 20.4 Å². The van der Waals surface area contributed by atoms with Gasteiger partial charge < -0.3 is 9.32 Å². The molecule has 0 aliphatic carbocycles. The highest BCUT2D eigenvalue weighted by atomic mass is 16.6. The zero-order valence-electron chi connectivity index (χ0n) is 16.8. The van der Waals surface area contributed by atoms with E-state index in [2.05, 4.69) is 41.8 Å². The summed E-state index contributed by atoms with van der Waals surface area (Å²) in [6.45, 7) is 8.86. The molecule has 2 heterocycles. The van der Waals surface area contributed by atoms with Gasteiger partial charge in [0.1, 0.15) is 11.5 Å². The van der Waals surface area contributed by atoms with E-state index in [9.17, 15) is 10.1 Å². The van der Waals surface area contributed by atoms with Gasteiger partial charge in [-0.15, -0.1) is 0 Å². The SMILES string of the molecule is Cc1ccc(C)c(N2CCN(Cc3ccc(-c4ccccc4[N+](=O)[O-])o3)CC2)c1. The van der Waals surface area contributed by atoms with Crippen molar-refractivity contribution in [1.82, 2.24) is 4.90 Å². The highest BCUT2D eigenvalue weighted by Crippen LogP contribution is 2.31. The summed E-state index contributed by atoms with van der Waals surface area (Å²) in [7, 11) is 0. The molecular formula is C23H25N3O3. The van der Waals surface area contributed by atoms with Crippen LogP contribution in [0, 0.1) is 24.0 Å². The fourth-order valence-electron chi connectivity index (χ4n) is 3.88. The minimum atomic E-state index is -0.371. The summed E-state index contributed by atoms with van der Waals surface area (Å²) in [5.41, 5.74) is 4.50. The first-order valence-electron chi connectivity index (χ1n) is 9.88. The van der Waals surface area contributed by atoms with E-state index in [1.807, 2.05) is 12.1 Å². The van der Waals surface area contributed by atoms with Crippen molar-refractivity contribution in [2.24, 2.45) is 0 Å². The zero-order chi connectivity index (χ0) is 20.4. The molecule has 150 valence electrons. The predicted molar refractivity (Wildman–Crippen MR) is 114 cm³/mol. The molecule has 6 heteroatoms. The van der Waals surface area contributed by atoms with Crippen LogP contribution >= 0.6 is 0 Å². The number of furan rings is 1. The third-order valence-corrected chi connectivity index (χ3v) is 5.48. The second kappa shape index (κ2) is 8.09. The van der Waals surface area contributed by atoms with Gasteiger partial charge in [0.2, 0.25) is 0 Å². The summed E-state index contributed by atoms with van der Waals surface area (Å²) in [6, 6.07) is 17.0. The van der Waals surface area contributed by atoms with Crippen LogP contribution in [0.5, 0.6) is 0 Å². The maximum absolute atomic E-state index is 11.3. The van der Waals surface area contributed by atoms with Crippen LogP contribution in [0.2, 0.25) is 0 Å². The molecule has 1 aliphatic heterocycles. The van der Waals surface area contributed by atoms with E-state index in [1.54, 1.807) is 18.2 Å². The number of nitro groups is 1. The van der Waals surface area contributed by atoms with E-state index in [0.29, 0.717) is 17.9 Å². The van der Waals surface area contributed by atoms with E-state index in [0.717, 1.165) is 31.9 Å². The number of hydrogen-bond acceptors (Lipinski definition) is 5. The van der Waals surface area contributed by atoms with Gasteiger partial charge in [0.15, 0.2) is 0 Å². The van der Waals surface area contributed by atoms with Crippen molar-refractivity contribution < 1.29 is 9.34 Å². The number of aryl methyl sites for hydroxylation is 2. The summed E-state index contributed by atoms with van der Waals surface area (Å²) in [6.07, 6.45) is 0. The molecule has 1 aliphatic rings. The Morgan fingerprint density at radius 2 is 1.76 bits per heavy atom. The largest absolute Gasteiger partial charge is 0.459 e. The van der Waals surface area contributed by atoms with E-state index >= 15 is 0 Å². The number of piperazine rings is 1. The smallest absolute Gasteiger partial charge is 0.280 e. The van der Waals surface area contributed by atoms with Crippen LogP contribution < -0.4 is 4.90 Å². The molecule has 0 bridgehead atoms. The van der Waals surface area contributed by atoms with E-state index < -0.39 is 0 Å². The molecule has 1 saturated heterocycles. The van der Waals surface area contributed by atoms with Gasteiger partial charge in [-0.25, -0.2) is 0 Å². The van der Waals surface area contributed by atoms with Crippen LogP contribution in [0.3, 0.4) is 0 Å². The molecule has 0 amide bonds. The molecule has 3 aromatic rings. The molecule has 0 unspecified atom stereocenters. The fraction of sp³-hybridized carbons (Fsp3) is 0.304. The highest BCUT2D eigenvalue weighted by molar-refractivity contribution is 5.69. The van der Waals surface area contributed by atoms with E-state index in [-0.39, 0.29) is 10.6 Å². The summed E-state index contributed by atoms with van der Waals surface area (Å²) >= 11 is 0. The molecule has 6 nitrogen and oxygen atoms in total. The summed E-state index contributed by atoms with van der Waals surface area (Å²) in [5, 5.41) is 11.3. The van der Waals surface area contributed by atoms with Gasteiger partial charge in [-0.3, -0.25) is 15.0 Å². The molecule has 1 aromatic heterocycles. The monoisotopic (exact) mass is 391 g/mol. The van der Waals surface area contributed by atoms with Gasteiger partial charge in [-0.1, -0.05) is 24.3 Å². The van der Waals surface area contributed by atoms with Crippen molar-refractivity contribution in [1.29, 1.82) is 0 Å². The Labute approximate surface area is 170 Å². The first-order valence-corrected chi connectivity index (χ1v) is 9.88. The molecule has 29 heavy (non-hydrogen) atoms. The predicted octanol–water partition coefficient (Wildman–Crippen LogP) is 4.79. The Morgan fingerprint density at radius 1 is 1.00 bits per heavy atom. The van der Waals surface area contributed by atoms with Crippen LogP contribution in [0.15, 0.2) is 59.0 Å². The van der Waals surface area contributed by atoms with Crippen molar-refractivity contribution in [3.8, 4) is 11.3 Å². The molecule has 0 spiro atoms. The van der Waals surface area contributed by atoms with Crippen molar-refractivity contribution >= 4 is 11.4 Å². The first-order chi connectivity index (χ1) is 14.0. The van der Waals surface area contributed by atoms with Crippen LogP contribution in [0.25, 0.3) is 11.3 Å². The van der Waals surface area contributed by atoms with Gasteiger partial charge >= 0.3 is 0 Å². The van der Waals surface area contributed by atoms with Crippen LogP contribution in [0.1, 0.15) is 16.9 Å². The lowest BCUT2D eigenvalue weighted by atomic mass is 10.1. The number of nitrogens with zero attached hydrogens (tertiary/aromatic N) is 3. The fourth-order valence-corrected chi connectivity index (χ4v) is 3.88. The van der Waals surface area contributed by atoms with Gasteiger partial charge in [-0.2, -0.15) is 0 Å². The van der Waals surface area contributed by atoms with Crippen LogP contribution in [0.4, 0.5) is 11.4 Å². The molecule has 0 radical (unpaired) electrons. The number of benzene rings is 2. The Morgan fingerprint density at radius 3 is 2.52 bits per heavy atom.